The fourth-order valence-electron chi connectivity index (χ4n) is 4.14. The van der Waals surface area contributed by atoms with Crippen molar-refractivity contribution in [1.82, 2.24) is 14.5 Å². The van der Waals surface area contributed by atoms with Crippen molar-refractivity contribution < 1.29 is 4.79 Å². The van der Waals surface area contributed by atoms with Crippen molar-refractivity contribution in [2.45, 2.75) is 20.4 Å². The third kappa shape index (κ3) is 4.66. The minimum atomic E-state index is -0.0976. The number of nitrogens with one attached hydrogen (secondary N) is 1. The van der Waals surface area contributed by atoms with Crippen molar-refractivity contribution >= 4 is 17.5 Å². The highest BCUT2D eigenvalue weighted by molar-refractivity contribution is 5.93. The van der Waals surface area contributed by atoms with Gasteiger partial charge in [-0.25, -0.2) is 4.98 Å². The molecule has 0 atom stereocenters. The Morgan fingerprint density at radius 3 is 2.44 bits per heavy atom. The number of amides is 1. The molecular formula is C25H28N6O. The summed E-state index contributed by atoms with van der Waals surface area (Å²) in [4.78, 5) is 21.7. The summed E-state index contributed by atoms with van der Waals surface area (Å²) in [7, 11) is 0. The van der Waals surface area contributed by atoms with Crippen LogP contribution >= 0.6 is 0 Å². The number of hydrogen-bond acceptors (Lipinski definition) is 5. The number of carbonyl (C=O) groups excluding carboxylic acids is 1. The monoisotopic (exact) mass is 428 g/mol. The summed E-state index contributed by atoms with van der Waals surface area (Å²) in [6.07, 6.45) is 1.80. The maximum absolute atomic E-state index is 12.9. The van der Waals surface area contributed by atoms with E-state index in [9.17, 15) is 10.1 Å². The maximum atomic E-state index is 12.9. The number of pyridine rings is 1. The van der Waals surface area contributed by atoms with E-state index in [0.717, 1.165) is 48.8 Å². The maximum Gasteiger partial charge on any atom is 0.239 e. The molecule has 7 nitrogen and oxygen atoms in total. The molecule has 0 spiro atoms. The number of nitrogens with zero attached hydrogens (tertiary/aromatic N) is 5. The molecule has 1 amide bonds. The SMILES string of the molecule is Cc1c(C#N)c(NC(=O)CN2CCN(c3ccccn3)CC2)n(Cc2ccccc2)c1C. The van der Waals surface area contributed by atoms with Crippen molar-refractivity contribution in [3.63, 3.8) is 0 Å². The van der Waals surface area contributed by atoms with Gasteiger partial charge in [-0.3, -0.25) is 9.69 Å². The zero-order chi connectivity index (χ0) is 22.5. The number of aromatic nitrogens is 2. The summed E-state index contributed by atoms with van der Waals surface area (Å²) in [6.45, 7) is 8.07. The molecule has 3 heterocycles. The van der Waals surface area contributed by atoms with Gasteiger partial charge in [0, 0.05) is 44.6 Å². The quantitative estimate of drug-likeness (QED) is 0.653. The van der Waals surface area contributed by atoms with Gasteiger partial charge in [0.1, 0.15) is 17.7 Å². The molecule has 1 aliphatic rings. The number of anilines is 2. The summed E-state index contributed by atoms with van der Waals surface area (Å²) < 4.78 is 2.03. The van der Waals surface area contributed by atoms with Crippen molar-refractivity contribution in [3.8, 4) is 6.07 Å². The fraction of sp³-hybridized carbons (Fsp3) is 0.320. The minimum absolute atomic E-state index is 0.0976. The van der Waals surface area contributed by atoms with Crippen LogP contribution < -0.4 is 10.2 Å². The molecule has 32 heavy (non-hydrogen) atoms. The molecule has 1 N–H and O–H groups in total. The van der Waals surface area contributed by atoms with Crippen LogP contribution in [0.15, 0.2) is 54.7 Å². The highest BCUT2D eigenvalue weighted by Crippen LogP contribution is 2.27. The fourth-order valence-corrected chi connectivity index (χ4v) is 4.14. The summed E-state index contributed by atoms with van der Waals surface area (Å²) >= 11 is 0. The van der Waals surface area contributed by atoms with Gasteiger partial charge in [0.05, 0.1) is 12.1 Å². The van der Waals surface area contributed by atoms with Crippen LogP contribution in [-0.4, -0.2) is 53.1 Å². The lowest BCUT2D eigenvalue weighted by atomic mass is 10.2. The highest BCUT2D eigenvalue weighted by atomic mass is 16.2. The Labute approximate surface area is 188 Å². The van der Waals surface area contributed by atoms with Crippen molar-refractivity contribution in [2.75, 3.05) is 42.9 Å². The minimum Gasteiger partial charge on any atom is -0.354 e. The van der Waals surface area contributed by atoms with Crippen LogP contribution in [-0.2, 0) is 11.3 Å². The second kappa shape index (κ2) is 9.67. The van der Waals surface area contributed by atoms with Gasteiger partial charge in [-0.15, -0.1) is 0 Å². The van der Waals surface area contributed by atoms with Gasteiger partial charge in [0.25, 0.3) is 0 Å². The summed E-state index contributed by atoms with van der Waals surface area (Å²) in [5.74, 6) is 1.46. The predicted octanol–water partition coefficient (Wildman–Crippen LogP) is 3.18. The van der Waals surface area contributed by atoms with E-state index in [2.05, 4.69) is 26.2 Å². The molecular weight excluding hydrogens is 400 g/mol. The Kier molecular flexibility index (Phi) is 6.52. The second-order valence-electron chi connectivity index (χ2n) is 8.12. The number of carbonyl (C=O) groups is 1. The Hall–Kier alpha value is -3.63. The van der Waals surface area contributed by atoms with Crippen molar-refractivity contribution in [1.29, 1.82) is 5.26 Å². The number of piperazine rings is 1. The zero-order valence-electron chi connectivity index (χ0n) is 18.6. The van der Waals surface area contributed by atoms with E-state index in [4.69, 9.17) is 0 Å². The van der Waals surface area contributed by atoms with Crippen molar-refractivity contribution in [2.24, 2.45) is 0 Å². The largest absolute Gasteiger partial charge is 0.354 e. The smallest absolute Gasteiger partial charge is 0.239 e. The number of hydrogen-bond donors (Lipinski definition) is 1. The number of benzene rings is 1. The first-order valence-corrected chi connectivity index (χ1v) is 10.9. The third-order valence-corrected chi connectivity index (χ3v) is 6.10. The topological polar surface area (TPSA) is 77.2 Å². The van der Waals surface area contributed by atoms with Gasteiger partial charge in [-0.05, 0) is 37.1 Å². The predicted molar refractivity (Wildman–Crippen MR) is 126 cm³/mol. The Morgan fingerprint density at radius 2 is 1.78 bits per heavy atom. The van der Waals surface area contributed by atoms with Gasteiger partial charge in [0.15, 0.2) is 0 Å². The molecule has 1 aromatic carbocycles. The second-order valence-corrected chi connectivity index (χ2v) is 8.12. The lowest BCUT2D eigenvalue weighted by molar-refractivity contribution is -0.117. The number of rotatable bonds is 6. The van der Waals surface area contributed by atoms with Gasteiger partial charge < -0.3 is 14.8 Å². The molecule has 0 radical (unpaired) electrons. The van der Waals surface area contributed by atoms with E-state index in [1.54, 1.807) is 6.20 Å². The van der Waals surface area contributed by atoms with Crippen LogP contribution in [0.2, 0.25) is 0 Å². The van der Waals surface area contributed by atoms with Crippen LogP contribution in [0.1, 0.15) is 22.4 Å². The molecule has 1 fully saturated rings. The molecule has 3 aromatic rings. The van der Waals surface area contributed by atoms with E-state index >= 15 is 0 Å². The van der Waals surface area contributed by atoms with Gasteiger partial charge in [-0.1, -0.05) is 36.4 Å². The molecule has 164 valence electrons. The average Bonchev–Trinajstić information content (AvgIpc) is 3.04. The molecule has 7 heteroatoms. The van der Waals surface area contributed by atoms with E-state index in [1.165, 1.54) is 0 Å². The van der Waals surface area contributed by atoms with Crippen LogP contribution in [0, 0.1) is 25.2 Å². The molecule has 0 bridgehead atoms. The normalized spacial score (nSPS) is 14.2. The Morgan fingerprint density at radius 1 is 1.06 bits per heavy atom. The lowest BCUT2D eigenvalue weighted by Crippen LogP contribution is -2.49. The van der Waals surface area contributed by atoms with Crippen LogP contribution in [0.3, 0.4) is 0 Å². The Bertz CT molecular complexity index is 1110. The Balaban J connectivity index is 1.43. The van der Waals surface area contributed by atoms with Crippen molar-refractivity contribution in [3.05, 3.63) is 77.1 Å². The average molecular weight is 429 g/mol. The van der Waals surface area contributed by atoms with E-state index < -0.39 is 0 Å². The molecule has 0 saturated carbocycles. The first-order chi connectivity index (χ1) is 15.6. The summed E-state index contributed by atoms with van der Waals surface area (Å²) in [5, 5.41) is 12.8. The molecule has 0 aliphatic carbocycles. The lowest BCUT2D eigenvalue weighted by Gasteiger charge is -2.34. The molecule has 0 unspecified atom stereocenters. The van der Waals surface area contributed by atoms with Crippen LogP contribution in [0.25, 0.3) is 0 Å². The van der Waals surface area contributed by atoms with Crippen LogP contribution in [0.4, 0.5) is 11.6 Å². The van der Waals surface area contributed by atoms with Gasteiger partial charge >= 0.3 is 0 Å². The highest BCUT2D eigenvalue weighted by Gasteiger charge is 2.23. The van der Waals surface area contributed by atoms with Gasteiger partial charge in [0.2, 0.25) is 5.91 Å². The molecule has 1 saturated heterocycles. The first-order valence-electron chi connectivity index (χ1n) is 10.9. The van der Waals surface area contributed by atoms with E-state index in [0.29, 0.717) is 24.5 Å². The van der Waals surface area contributed by atoms with Gasteiger partial charge in [-0.2, -0.15) is 5.26 Å². The summed E-state index contributed by atoms with van der Waals surface area (Å²) in [6, 6.07) is 18.3. The standard InChI is InChI=1S/C25H28N6O/c1-19-20(2)31(17-21-8-4-3-5-9-21)25(22(19)16-26)28-24(32)18-29-12-14-30(15-13-29)23-10-6-7-11-27-23/h3-11H,12-15,17-18H2,1-2H3,(H,28,32). The van der Waals surface area contributed by atoms with E-state index in [1.807, 2.05) is 66.9 Å². The molecule has 4 rings (SSSR count). The van der Waals surface area contributed by atoms with Crippen LogP contribution in [0.5, 0.6) is 0 Å². The number of nitriles is 1. The first kappa shape index (κ1) is 21.6. The molecule has 2 aromatic heterocycles. The molecule has 1 aliphatic heterocycles. The van der Waals surface area contributed by atoms with E-state index in [-0.39, 0.29) is 5.91 Å². The zero-order valence-corrected chi connectivity index (χ0v) is 18.6. The third-order valence-electron chi connectivity index (χ3n) is 6.10. The summed E-state index contributed by atoms with van der Waals surface area (Å²) in [5.41, 5.74) is 3.55.